The number of hydrogen-bond donors (Lipinski definition) is 3. The zero-order chi connectivity index (χ0) is 14.6. The van der Waals surface area contributed by atoms with Gasteiger partial charge in [0.1, 0.15) is 5.82 Å². The van der Waals surface area contributed by atoms with Crippen molar-refractivity contribution in [2.75, 3.05) is 11.9 Å². The highest BCUT2D eigenvalue weighted by Gasteiger charge is 2.21. The number of carbonyl (C=O) groups excluding carboxylic acids is 2. The van der Waals surface area contributed by atoms with Gasteiger partial charge in [-0.2, -0.15) is 0 Å². The summed E-state index contributed by atoms with van der Waals surface area (Å²) < 4.78 is 13.6. The van der Waals surface area contributed by atoms with Gasteiger partial charge in [-0.05, 0) is 32.0 Å². The lowest BCUT2D eigenvalue weighted by molar-refractivity contribution is -0.114. The van der Waals surface area contributed by atoms with Gasteiger partial charge in [-0.1, -0.05) is 0 Å². The quantitative estimate of drug-likeness (QED) is 0.767. The number of hydrogen-bond acceptors (Lipinski definition) is 3. The van der Waals surface area contributed by atoms with Gasteiger partial charge in [0.25, 0.3) is 5.91 Å². The van der Waals surface area contributed by atoms with Crippen LogP contribution in [0.1, 0.15) is 31.1 Å². The van der Waals surface area contributed by atoms with Crippen LogP contribution < -0.4 is 16.4 Å². The van der Waals surface area contributed by atoms with Crippen molar-refractivity contribution in [2.24, 2.45) is 5.73 Å². The molecule has 0 aliphatic heterocycles. The van der Waals surface area contributed by atoms with Crippen molar-refractivity contribution >= 4 is 17.5 Å². The third kappa shape index (κ3) is 4.33. The first kappa shape index (κ1) is 15.1. The number of carbonyl (C=O) groups is 2. The van der Waals surface area contributed by atoms with Gasteiger partial charge in [0.05, 0.1) is 5.56 Å². The number of rotatable bonds is 4. The Morgan fingerprint density at radius 3 is 2.53 bits per heavy atom. The van der Waals surface area contributed by atoms with Gasteiger partial charge in [0.2, 0.25) is 5.91 Å². The molecule has 1 aromatic rings. The number of benzene rings is 1. The topological polar surface area (TPSA) is 84.2 Å². The summed E-state index contributed by atoms with van der Waals surface area (Å²) in [4.78, 5) is 22.9. The van der Waals surface area contributed by atoms with E-state index in [9.17, 15) is 14.0 Å². The normalized spacial score (nSPS) is 11.0. The Labute approximate surface area is 111 Å². The predicted molar refractivity (Wildman–Crippen MR) is 71.3 cm³/mol. The molecule has 4 N–H and O–H groups in total. The summed E-state index contributed by atoms with van der Waals surface area (Å²) in [6.07, 6.45) is 0. The summed E-state index contributed by atoms with van der Waals surface area (Å²) in [7, 11) is 0. The van der Waals surface area contributed by atoms with Crippen LogP contribution in [0.4, 0.5) is 10.1 Å². The third-order valence-corrected chi connectivity index (χ3v) is 2.49. The average molecular weight is 267 g/mol. The number of nitrogens with one attached hydrogen (secondary N) is 2. The minimum atomic E-state index is -0.653. The second kappa shape index (κ2) is 5.79. The zero-order valence-corrected chi connectivity index (χ0v) is 11.2. The van der Waals surface area contributed by atoms with Crippen LogP contribution in [0.2, 0.25) is 0 Å². The maximum atomic E-state index is 13.6. The molecule has 0 fully saturated rings. The van der Waals surface area contributed by atoms with Crippen molar-refractivity contribution in [1.82, 2.24) is 5.32 Å². The Balaban J connectivity index is 2.98. The molecule has 1 aromatic carbocycles. The largest absolute Gasteiger partial charge is 0.346 e. The second-order valence-corrected chi connectivity index (χ2v) is 4.92. The Morgan fingerprint density at radius 1 is 1.37 bits per heavy atom. The van der Waals surface area contributed by atoms with E-state index >= 15 is 0 Å². The summed E-state index contributed by atoms with van der Waals surface area (Å²) in [6.45, 7) is 5.04. The lowest BCUT2D eigenvalue weighted by Gasteiger charge is -2.24. The SMILES string of the molecule is CC(=O)Nc1ccc(F)c(C(=O)NC(C)(C)CN)c1. The van der Waals surface area contributed by atoms with Gasteiger partial charge in [0, 0.05) is 24.7 Å². The molecular formula is C13H18FN3O2. The van der Waals surface area contributed by atoms with Crippen molar-refractivity contribution in [3.63, 3.8) is 0 Å². The second-order valence-electron chi connectivity index (χ2n) is 4.92. The fourth-order valence-electron chi connectivity index (χ4n) is 1.41. The third-order valence-electron chi connectivity index (χ3n) is 2.49. The number of halogens is 1. The van der Waals surface area contributed by atoms with Crippen molar-refractivity contribution < 1.29 is 14.0 Å². The summed E-state index contributed by atoms with van der Waals surface area (Å²) in [6, 6.07) is 3.82. The highest BCUT2D eigenvalue weighted by atomic mass is 19.1. The summed E-state index contributed by atoms with van der Waals surface area (Å²) >= 11 is 0. The summed E-state index contributed by atoms with van der Waals surface area (Å²) in [5.74, 6) is -1.51. The average Bonchev–Trinajstić information content (AvgIpc) is 2.30. The first-order valence-electron chi connectivity index (χ1n) is 5.85. The molecule has 0 aliphatic rings. The van der Waals surface area contributed by atoms with Crippen LogP contribution in [0.15, 0.2) is 18.2 Å². The van der Waals surface area contributed by atoms with E-state index < -0.39 is 17.3 Å². The van der Waals surface area contributed by atoms with Gasteiger partial charge in [-0.25, -0.2) is 4.39 Å². The van der Waals surface area contributed by atoms with Gasteiger partial charge < -0.3 is 16.4 Å². The fraction of sp³-hybridized carbons (Fsp3) is 0.385. The molecule has 6 heteroatoms. The molecule has 0 aliphatic carbocycles. The zero-order valence-electron chi connectivity index (χ0n) is 11.2. The molecule has 19 heavy (non-hydrogen) atoms. The first-order valence-corrected chi connectivity index (χ1v) is 5.85. The number of nitrogens with two attached hydrogens (primary N) is 1. The van der Waals surface area contributed by atoms with Crippen LogP contribution in [0.25, 0.3) is 0 Å². The fourth-order valence-corrected chi connectivity index (χ4v) is 1.41. The van der Waals surface area contributed by atoms with Crippen molar-refractivity contribution in [3.05, 3.63) is 29.6 Å². The van der Waals surface area contributed by atoms with Crippen LogP contribution in [0.3, 0.4) is 0 Å². The predicted octanol–water partition coefficient (Wildman–Crippen LogP) is 1.25. The molecule has 104 valence electrons. The monoisotopic (exact) mass is 267 g/mol. The van der Waals surface area contributed by atoms with E-state index in [1.807, 2.05) is 0 Å². The lowest BCUT2D eigenvalue weighted by atomic mass is 10.0. The van der Waals surface area contributed by atoms with E-state index in [0.717, 1.165) is 6.07 Å². The lowest BCUT2D eigenvalue weighted by Crippen LogP contribution is -2.49. The Bertz CT molecular complexity index is 501. The first-order chi connectivity index (χ1) is 8.75. The van der Waals surface area contributed by atoms with Gasteiger partial charge >= 0.3 is 0 Å². The molecule has 0 spiro atoms. The molecule has 0 unspecified atom stereocenters. The number of amides is 2. The minimum Gasteiger partial charge on any atom is -0.346 e. The maximum Gasteiger partial charge on any atom is 0.254 e. The summed E-state index contributed by atoms with van der Waals surface area (Å²) in [5, 5.41) is 5.12. The van der Waals surface area contributed by atoms with Gasteiger partial charge in [-0.3, -0.25) is 9.59 Å². The summed E-state index contributed by atoms with van der Waals surface area (Å²) in [5.41, 5.74) is 5.10. The van der Waals surface area contributed by atoms with Crippen LogP contribution >= 0.6 is 0 Å². The Hall–Kier alpha value is -1.95. The molecule has 0 atom stereocenters. The van der Waals surface area contributed by atoms with Crippen molar-refractivity contribution in [1.29, 1.82) is 0 Å². The number of anilines is 1. The van der Waals surface area contributed by atoms with Crippen molar-refractivity contribution in [2.45, 2.75) is 26.3 Å². The standard InChI is InChI=1S/C13H18FN3O2/c1-8(18)16-9-4-5-11(14)10(6-9)12(19)17-13(2,3)7-15/h4-6H,7,15H2,1-3H3,(H,16,18)(H,17,19). The molecule has 2 amide bonds. The highest BCUT2D eigenvalue weighted by Crippen LogP contribution is 2.15. The molecule has 1 rings (SSSR count). The minimum absolute atomic E-state index is 0.132. The van der Waals surface area contributed by atoms with E-state index in [-0.39, 0.29) is 18.0 Å². The maximum absolute atomic E-state index is 13.6. The van der Waals surface area contributed by atoms with E-state index in [4.69, 9.17) is 5.73 Å². The van der Waals surface area contributed by atoms with Crippen LogP contribution in [0, 0.1) is 5.82 Å². The highest BCUT2D eigenvalue weighted by molar-refractivity contribution is 5.97. The van der Waals surface area contributed by atoms with Gasteiger partial charge in [0.15, 0.2) is 0 Å². The van der Waals surface area contributed by atoms with E-state index in [1.165, 1.54) is 19.1 Å². The Kier molecular flexibility index (Phi) is 4.61. The van der Waals surface area contributed by atoms with E-state index in [2.05, 4.69) is 10.6 Å². The molecular weight excluding hydrogens is 249 g/mol. The van der Waals surface area contributed by atoms with Crippen LogP contribution in [-0.4, -0.2) is 23.9 Å². The molecule has 0 radical (unpaired) electrons. The smallest absolute Gasteiger partial charge is 0.254 e. The van der Waals surface area contributed by atoms with Crippen LogP contribution in [-0.2, 0) is 4.79 Å². The molecule has 0 heterocycles. The molecule has 0 saturated heterocycles. The van der Waals surface area contributed by atoms with Crippen molar-refractivity contribution in [3.8, 4) is 0 Å². The molecule has 5 nitrogen and oxygen atoms in total. The molecule has 0 saturated carbocycles. The Morgan fingerprint density at radius 2 is 2.00 bits per heavy atom. The van der Waals surface area contributed by atoms with Gasteiger partial charge in [-0.15, -0.1) is 0 Å². The molecule has 0 aromatic heterocycles. The van der Waals surface area contributed by atoms with Crippen LogP contribution in [0.5, 0.6) is 0 Å². The van der Waals surface area contributed by atoms with E-state index in [0.29, 0.717) is 5.69 Å². The molecule has 0 bridgehead atoms. The van der Waals surface area contributed by atoms with E-state index in [1.54, 1.807) is 13.8 Å².